The lowest BCUT2D eigenvalue weighted by Gasteiger charge is -2.34. The normalized spacial score (nSPS) is 20.4. The Hall–Kier alpha value is -6.05. The summed E-state index contributed by atoms with van der Waals surface area (Å²) in [5.74, 6) is -0.0208. The van der Waals surface area contributed by atoms with E-state index in [1.807, 2.05) is 46.7 Å². The number of imidazole rings is 1. The minimum Gasteiger partial charge on any atom is -0.381 e. The molecule has 2 fully saturated rings. The van der Waals surface area contributed by atoms with Gasteiger partial charge in [-0.05, 0) is 130 Å². The molecular weight excluding hydrogens is 823 g/mol. The van der Waals surface area contributed by atoms with Gasteiger partial charge in [0.05, 0.1) is 30.3 Å². The molecule has 6 heterocycles. The number of aromatic amines is 1. The Labute approximate surface area is 362 Å². The van der Waals surface area contributed by atoms with Crippen molar-refractivity contribution in [2.24, 2.45) is 5.92 Å². The molecule has 7 aromatic rings. The molecule has 3 unspecified atom stereocenters. The summed E-state index contributed by atoms with van der Waals surface area (Å²) < 4.78 is 45.4. The van der Waals surface area contributed by atoms with Crippen molar-refractivity contribution < 1.29 is 23.0 Å². The van der Waals surface area contributed by atoms with Crippen LogP contribution in [0.15, 0.2) is 87.2 Å². The number of benzene rings is 3. The number of carbonyl (C=O) groups excluding carboxylic acids is 1. The molecule has 14 nitrogen and oxygen atoms in total. The van der Waals surface area contributed by atoms with Gasteiger partial charge in [-0.15, -0.1) is 0 Å². The summed E-state index contributed by atoms with van der Waals surface area (Å²) in [6.07, 6.45) is 6.63. The summed E-state index contributed by atoms with van der Waals surface area (Å²) in [5.41, 5.74) is 5.63. The lowest BCUT2D eigenvalue weighted by atomic mass is 9.91. The number of ether oxygens (including phenoxy) is 1. The number of H-pyrrole nitrogens is 1. The number of amides is 1. The Morgan fingerprint density at radius 1 is 0.968 bits per heavy atom. The number of rotatable bonds is 9. The second-order valence-corrected chi connectivity index (χ2v) is 21.6. The van der Waals surface area contributed by atoms with Crippen LogP contribution in [0.3, 0.4) is 0 Å². The summed E-state index contributed by atoms with van der Waals surface area (Å²) in [6, 6.07) is 18.7. The van der Waals surface area contributed by atoms with Crippen LogP contribution >= 0.6 is 7.14 Å². The van der Waals surface area contributed by atoms with E-state index in [1.54, 1.807) is 61.0 Å². The number of hydrogen-bond donors (Lipinski definition) is 1. The van der Waals surface area contributed by atoms with Crippen LogP contribution in [-0.2, 0) is 27.4 Å². The highest BCUT2D eigenvalue weighted by molar-refractivity contribution is 7.61. The van der Waals surface area contributed by atoms with Crippen LogP contribution in [0.5, 0.6) is 0 Å². The van der Waals surface area contributed by atoms with E-state index in [0.717, 1.165) is 35.0 Å². The van der Waals surface area contributed by atoms with Gasteiger partial charge in [0.25, 0.3) is 5.91 Å². The average molecular weight is 873 g/mol. The third-order valence-electron chi connectivity index (χ3n) is 13.4. The van der Waals surface area contributed by atoms with E-state index < -0.39 is 24.5 Å². The lowest BCUT2D eigenvalue weighted by Crippen LogP contribution is -2.41. The molecule has 1 N–H and O–H groups in total. The molecule has 1 amide bonds. The van der Waals surface area contributed by atoms with E-state index in [1.165, 1.54) is 10.1 Å². The first kappa shape index (κ1) is 41.0. The SMILES string of the molecule is Cc1cc(-n2nc3c(c2-n2ccn(-c4cccc(CP(C)(C)=O)c4)c2=O)C(C)N(C(=O)c2cc4cc(C5CCOCC5)ccc4n2C2(c4noc(=O)[nH]4)CC2C)CC3)cc(C)c1F. The zero-order valence-corrected chi connectivity index (χ0v) is 37.1. The molecule has 3 aliphatic rings. The van der Waals surface area contributed by atoms with E-state index in [4.69, 9.17) is 14.4 Å². The van der Waals surface area contributed by atoms with Crippen molar-refractivity contribution in [1.82, 2.24) is 38.5 Å². The van der Waals surface area contributed by atoms with Gasteiger partial charge in [-0.3, -0.25) is 23.4 Å². The van der Waals surface area contributed by atoms with E-state index in [0.29, 0.717) is 90.1 Å². The number of carbonyl (C=O) groups is 1. The predicted molar refractivity (Wildman–Crippen MR) is 237 cm³/mol. The van der Waals surface area contributed by atoms with Gasteiger partial charge in [-0.2, -0.15) is 5.10 Å². The predicted octanol–water partition coefficient (Wildman–Crippen LogP) is 7.76. The smallest absolute Gasteiger partial charge is 0.381 e. The summed E-state index contributed by atoms with van der Waals surface area (Å²) in [4.78, 5) is 47.2. The fourth-order valence-electron chi connectivity index (χ4n) is 10.2. The Balaban J connectivity index is 1.11. The van der Waals surface area contributed by atoms with Gasteiger partial charge in [0.1, 0.15) is 22.9 Å². The third kappa shape index (κ3) is 6.87. The molecule has 0 bridgehead atoms. The number of aryl methyl sites for hydroxylation is 2. The summed E-state index contributed by atoms with van der Waals surface area (Å²) >= 11 is 0. The molecule has 1 saturated carbocycles. The van der Waals surface area contributed by atoms with Crippen LogP contribution < -0.4 is 11.4 Å². The molecular formula is C47H50FN8O6P. The number of halogens is 1. The summed E-state index contributed by atoms with van der Waals surface area (Å²) in [6.45, 7) is 12.7. The van der Waals surface area contributed by atoms with Crippen LogP contribution in [-0.4, -0.2) is 77.5 Å². The average Bonchev–Trinajstić information content (AvgIpc) is 3.75. The minimum absolute atomic E-state index is 0.0264. The third-order valence-corrected chi connectivity index (χ3v) is 14.5. The zero-order valence-electron chi connectivity index (χ0n) is 36.2. The standard InChI is InChI=1S/C47H50FN8O6P/c1-27-20-36(21-28(2)41(27)48)56-42(54-17-16-53(46(54)59)35-9-7-8-31(22-35)26-63(5,6)60)40-30(4)52(15-12-37(40)50-56)43(57)39-24-34-23-33(32-13-18-61-19-14-32)10-11-38(34)55(39)47(25-29(47)3)44-49-45(58)62-51-44/h7-11,16-17,20-24,29-30,32H,12-15,18-19,25-26H2,1-6H3,(H,49,51,58). The maximum absolute atomic E-state index is 15.5. The highest BCUT2D eigenvalue weighted by atomic mass is 31.2. The van der Waals surface area contributed by atoms with Crippen LogP contribution in [0.1, 0.15) is 94.9 Å². The summed E-state index contributed by atoms with van der Waals surface area (Å²) in [5, 5.41) is 10.2. The molecule has 0 spiro atoms. The number of nitrogens with one attached hydrogen (secondary N) is 1. The fourth-order valence-corrected chi connectivity index (χ4v) is 11.3. The topological polar surface area (TPSA) is 155 Å². The van der Waals surface area contributed by atoms with Gasteiger partial charge in [0.2, 0.25) is 0 Å². The monoisotopic (exact) mass is 872 g/mol. The Kier molecular flexibility index (Phi) is 9.79. The zero-order chi connectivity index (χ0) is 44.1. The van der Waals surface area contributed by atoms with Crippen LogP contribution in [0.25, 0.3) is 28.1 Å². The van der Waals surface area contributed by atoms with E-state index in [2.05, 4.69) is 35.3 Å². The maximum atomic E-state index is 15.5. The number of aromatic nitrogens is 7. The van der Waals surface area contributed by atoms with Gasteiger partial charge >= 0.3 is 11.4 Å². The van der Waals surface area contributed by atoms with Gasteiger partial charge in [0.15, 0.2) is 5.82 Å². The van der Waals surface area contributed by atoms with Gasteiger partial charge in [0, 0.05) is 61.2 Å². The van der Waals surface area contributed by atoms with Crippen molar-refractivity contribution in [1.29, 1.82) is 0 Å². The molecule has 4 aromatic heterocycles. The number of nitrogens with zero attached hydrogens (tertiary/aromatic N) is 7. The molecule has 10 rings (SSSR count). The largest absolute Gasteiger partial charge is 0.438 e. The summed E-state index contributed by atoms with van der Waals surface area (Å²) in [7, 11) is -2.39. The second-order valence-electron chi connectivity index (χ2n) is 18.2. The van der Waals surface area contributed by atoms with Crippen molar-refractivity contribution in [3.05, 3.63) is 145 Å². The molecule has 3 atom stereocenters. The molecule has 16 heteroatoms. The first-order valence-corrected chi connectivity index (χ1v) is 24.4. The van der Waals surface area contributed by atoms with Crippen LogP contribution in [0.4, 0.5) is 4.39 Å². The van der Waals surface area contributed by atoms with E-state index >= 15 is 9.18 Å². The number of fused-ring (bicyclic) bond motifs is 2. The fraction of sp³-hybridized carbons (Fsp3) is 0.383. The molecule has 3 aromatic carbocycles. The van der Waals surface area contributed by atoms with Crippen molar-refractivity contribution >= 4 is 24.0 Å². The Morgan fingerprint density at radius 3 is 2.38 bits per heavy atom. The Morgan fingerprint density at radius 2 is 1.70 bits per heavy atom. The molecule has 0 radical (unpaired) electrons. The molecule has 1 aliphatic carbocycles. The highest BCUT2D eigenvalue weighted by Gasteiger charge is 2.59. The Bertz CT molecular complexity index is 3120. The van der Waals surface area contributed by atoms with E-state index in [-0.39, 0.29) is 23.3 Å². The van der Waals surface area contributed by atoms with Crippen molar-refractivity contribution in [2.45, 2.75) is 77.0 Å². The first-order valence-electron chi connectivity index (χ1n) is 21.6. The molecule has 1 saturated heterocycles. The van der Waals surface area contributed by atoms with Crippen molar-refractivity contribution in [2.75, 3.05) is 33.1 Å². The first-order chi connectivity index (χ1) is 30.1. The number of hydrogen-bond acceptors (Lipinski definition) is 8. The highest BCUT2D eigenvalue weighted by Crippen LogP contribution is 2.56. The molecule has 2 aliphatic heterocycles. The second kappa shape index (κ2) is 15.0. The quantitative estimate of drug-likeness (QED) is 0.144. The van der Waals surface area contributed by atoms with Gasteiger partial charge in [-0.25, -0.2) is 18.7 Å². The molecule has 63 heavy (non-hydrogen) atoms. The van der Waals surface area contributed by atoms with Crippen LogP contribution in [0.2, 0.25) is 0 Å². The van der Waals surface area contributed by atoms with Gasteiger partial charge < -0.3 is 18.8 Å². The van der Waals surface area contributed by atoms with Crippen molar-refractivity contribution in [3.63, 3.8) is 0 Å². The minimum atomic E-state index is -2.39. The van der Waals surface area contributed by atoms with Crippen molar-refractivity contribution in [3.8, 4) is 17.2 Å². The van der Waals surface area contributed by atoms with E-state index in [9.17, 15) is 14.2 Å². The lowest BCUT2D eigenvalue weighted by molar-refractivity contribution is 0.0663. The van der Waals surface area contributed by atoms with Crippen LogP contribution in [0, 0.1) is 25.6 Å². The maximum Gasteiger partial charge on any atom is 0.438 e. The van der Waals surface area contributed by atoms with Gasteiger partial charge in [-0.1, -0.05) is 30.3 Å². The molecule has 326 valence electrons.